The summed E-state index contributed by atoms with van der Waals surface area (Å²) < 4.78 is 34.2. The van der Waals surface area contributed by atoms with E-state index in [2.05, 4.69) is 44.9 Å². The zero-order valence-corrected chi connectivity index (χ0v) is 21.3. The first kappa shape index (κ1) is 25.3. The summed E-state index contributed by atoms with van der Waals surface area (Å²) in [6, 6.07) is 6.98. The number of aromatic nitrogens is 4. The van der Waals surface area contributed by atoms with Crippen LogP contribution in [-0.2, 0) is 0 Å². The number of piperidine rings is 2. The first-order chi connectivity index (χ1) is 17.7. The van der Waals surface area contributed by atoms with Gasteiger partial charge in [-0.2, -0.15) is 5.10 Å². The van der Waals surface area contributed by atoms with Gasteiger partial charge in [-0.25, -0.2) is 8.78 Å². The Balaban J connectivity index is 1.33. The molecule has 2 bridgehead atoms. The van der Waals surface area contributed by atoms with Gasteiger partial charge in [0.05, 0.1) is 25.0 Å². The third kappa shape index (κ3) is 5.20. The van der Waals surface area contributed by atoms with Crippen LogP contribution in [0.1, 0.15) is 46.0 Å². The van der Waals surface area contributed by atoms with Crippen LogP contribution in [-0.4, -0.2) is 56.4 Å². The summed E-state index contributed by atoms with van der Waals surface area (Å²) in [6.07, 6.45) is 6.56. The number of methoxy groups -OCH3 is 1. The molecule has 4 heterocycles. The number of ether oxygens (including phenoxy) is 1. The molecule has 37 heavy (non-hydrogen) atoms. The van der Waals surface area contributed by atoms with Crippen LogP contribution in [0.15, 0.2) is 36.5 Å². The lowest BCUT2D eigenvalue weighted by molar-refractivity contribution is 0.0448. The molecule has 10 heteroatoms. The molecule has 3 unspecified atom stereocenters. The third-order valence-electron chi connectivity index (χ3n) is 7.73. The minimum atomic E-state index is -0.567. The van der Waals surface area contributed by atoms with Gasteiger partial charge in [0.2, 0.25) is 5.88 Å². The van der Waals surface area contributed by atoms with E-state index >= 15 is 0 Å². The Morgan fingerprint density at radius 1 is 1.11 bits per heavy atom. The lowest BCUT2D eigenvalue weighted by Gasteiger charge is -2.54. The summed E-state index contributed by atoms with van der Waals surface area (Å²) in [4.78, 5) is 0. The molecule has 0 radical (unpaired) electrons. The van der Waals surface area contributed by atoms with Crippen molar-refractivity contribution in [1.29, 1.82) is 0 Å². The SMILES string of the molecule is COc1cc(-c2cc(O)c(-c3ccc(NC(CF)C4CC5(C)CCCC(C)(C4)N5)nn3)cc2F)cnn1. The number of hydrogen-bond acceptors (Lipinski definition) is 8. The highest BCUT2D eigenvalue weighted by molar-refractivity contribution is 5.75. The molecule has 0 saturated carbocycles. The van der Waals surface area contributed by atoms with Crippen molar-refractivity contribution in [2.24, 2.45) is 5.92 Å². The van der Waals surface area contributed by atoms with Gasteiger partial charge in [0.1, 0.15) is 24.1 Å². The standard InChI is InChI=1S/C27H32F2N6O2/c1-26-7-4-8-27(2,35-26)13-17(12-26)22(14-28)31-24-6-5-21(32-33-24)19-10-20(29)18(11-23(19)36)16-9-25(37-3)34-30-15-16/h5-6,9-11,15,17,22,35-36H,4,7-8,12-14H2,1-3H3,(H,31,33). The van der Waals surface area contributed by atoms with Gasteiger partial charge < -0.3 is 20.5 Å². The molecular weight excluding hydrogens is 478 g/mol. The molecule has 0 amide bonds. The van der Waals surface area contributed by atoms with Crippen LogP contribution in [0.3, 0.4) is 0 Å². The molecular formula is C27H32F2N6O2. The van der Waals surface area contributed by atoms with Gasteiger partial charge in [-0.15, -0.1) is 15.3 Å². The molecule has 3 aromatic rings. The molecule has 2 saturated heterocycles. The number of halogens is 2. The Hall–Kier alpha value is -3.40. The fourth-order valence-electron chi connectivity index (χ4n) is 6.15. The number of alkyl halides is 1. The Morgan fingerprint density at radius 2 is 1.86 bits per heavy atom. The first-order valence-corrected chi connectivity index (χ1v) is 12.6. The normalized spacial score (nSPS) is 25.9. The van der Waals surface area contributed by atoms with Gasteiger partial charge in [0.15, 0.2) is 0 Å². The number of phenols is 1. The van der Waals surface area contributed by atoms with E-state index in [9.17, 15) is 13.9 Å². The van der Waals surface area contributed by atoms with Crippen molar-refractivity contribution in [2.75, 3.05) is 19.1 Å². The van der Waals surface area contributed by atoms with Gasteiger partial charge in [0, 0.05) is 33.8 Å². The van der Waals surface area contributed by atoms with Crippen LogP contribution in [0.4, 0.5) is 14.6 Å². The number of nitrogens with one attached hydrogen (secondary N) is 2. The van der Waals surface area contributed by atoms with Crippen LogP contribution >= 0.6 is 0 Å². The molecule has 5 rings (SSSR count). The number of rotatable bonds is 7. The van der Waals surface area contributed by atoms with Crippen molar-refractivity contribution in [1.82, 2.24) is 25.7 Å². The van der Waals surface area contributed by atoms with E-state index in [0.29, 0.717) is 17.1 Å². The monoisotopic (exact) mass is 510 g/mol. The largest absolute Gasteiger partial charge is 0.507 e. The Labute approximate surface area is 214 Å². The maximum absolute atomic E-state index is 15.0. The van der Waals surface area contributed by atoms with Crippen LogP contribution < -0.4 is 15.4 Å². The molecule has 196 valence electrons. The Kier molecular flexibility index (Phi) is 6.70. The maximum atomic E-state index is 15.0. The van der Waals surface area contributed by atoms with Crippen molar-refractivity contribution in [3.05, 3.63) is 42.3 Å². The van der Waals surface area contributed by atoms with Crippen molar-refractivity contribution >= 4 is 5.82 Å². The minimum absolute atomic E-state index is 0.0196. The van der Waals surface area contributed by atoms with Crippen molar-refractivity contribution in [2.45, 2.75) is 63.1 Å². The quantitative estimate of drug-likeness (QED) is 0.412. The van der Waals surface area contributed by atoms with Crippen LogP contribution in [0.5, 0.6) is 11.6 Å². The van der Waals surface area contributed by atoms with E-state index in [-0.39, 0.29) is 45.8 Å². The zero-order chi connectivity index (χ0) is 26.2. The van der Waals surface area contributed by atoms with E-state index in [1.165, 1.54) is 37.9 Å². The number of hydrogen-bond donors (Lipinski definition) is 3. The fraction of sp³-hybridized carbons (Fsp3) is 0.481. The summed E-state index contributed by atoms with van der Waals surface area (Å²) in [7, 11) is 1.44. The average Bonchev–Trinajstić information content (AvgIpc) is 2.87. The van der Waals surface area contributed by atoms with E-state index in [1.807, 2.05) is 0 Å². The van der Waals surface area contributed by atoms with E-state index in [1.54, 1.807) is 12.1 Å². The number of nitrogens with zero attached hydrogens (tertiary/aromatic N) is 4. The number of benzene rings is 1. The second kappa shape index (κ2) is 9.81. The molecule has 8 nitrogen and oxygen atoms in total. The molecule has 0 aliphatic carbocycles. The smallest absolute Gasteiger partial charge is 0.233 e. The summed E-state index contributed by atoms with van der Waals surface area (Å²) >= 11 is 0. The van der Waals surface area contributed by atoms with E-state index in [0.717, 1.165) is 25.7 Å². The Bertz CT molecular complexity index is 1260. The minimum Gasteiger partial charge on any atom is -0.507 e. The molecule has 2 aliphatic rings. The number of fused-ring (bicyclic) bond motifs is 2. The number of phenolic OH excluding ortho intramolecular Hbond substituents is 1. The second-order valence-electron chi connectivity index (χ2n) is 10.8. The van der Waals surface area contributed by atoms with Gasteiger partial charge in [0.25, 0.3) is 0 Å². The lowest BCUT2D eigenvalue weighted by Crippen LogP contribution is -2.65. The summed E-state index contributed by atoms with van der Waals surface area (Å²) in [5.41, 5.74) is 1.10. The average molecular weight is 511 g/mol. The second-order valence-corrected chi connectivity index (χ2v) is 10.8. The maximum Gasteiger partial charge on any atom is 0.233 e. The highest BCUT2D eigenvalue weighted by atomic mass is 19.1. The molecule has 2 aromatic heterocycles. The fourth-order valence-corrected chi connectivity index (χ4v) is 6.15. The number of aromatic hydroxyl groups is 1. The summed E-state index contributed by atoms with van der Waals surface area (Å²) in [6.45, 7) is 3.96. The zero-order valence-electron chi connectivity index (χ0n) is 21.3. The highest BCUT2D eigenvalue weighted by Crippen LogP contribution is 2.44. The Morgan fingerprint density at radius 3 is 2.51 bits per heavy atom. The van der Waals surface area contributed by atoms with Crippen LogP contribution in [0.2, 0.25) is 0 Å². The summed E-state index contributed by atoms with van der Waals surface area (Å²) in [5, 5.41) is 33.6. The first-order valence-electron chi connectivity index (χ1n) is 12.6. The topological polar surface area (TPSA) is 105 Å². The van der Waals surface area contributed by atoms with Gasteiger partial charge in [-0.1, -0.05) is 0 Å². The van der Waals surface area contributed by atoms with Gasteiger partial charge >= 0.3 is 0 Å². The van der Waals surface area contributed by atoms with Gasteiger partial charge in [-0.05, 0) is 76.1 Å². The lowest BCUT2D eigenvalue weighted by atomic mass is 9.65. The molecule has 3 atom stereocenters. The number of anilines is 1. The predicted molar refractivity (Wildman–Crippen MR) is 137 cm³/mol. The van der Waals surface area contributed by atoms with E-state index in [4.69, 9.17) is 4.74 Å². The summed E-state index contributed by atoms with van der Waals surface area (Å²) in [5.74, 6) is 0.109. The van der Waals surface area contributed by atoms with E-state index < -0.39 is 12.5 Å². The molecule has 1 aromatic carbocycles. The molecule has 2 aliphatic heterocycles. The van der Waals surface area contributed by atoms with Crippen molar-refractivity contribution in [3.8, 4) is 34.0 Å². The molecule has 3 N–H and O–H groups in total. The van der Waals surface area contributed by atoms with Crippen molar-refractivity contribution < 1.29 is 18.6 Å². The highest BCUT2D eigenvalue weighted by Gasteiger charge is 2.47. The molecule has 0 spiro atoms. The third-order valence-corrected chi connectivity index (χ3v) is 7.73. The van der Waals surface area contributed by atoms with Crippen molar-refractivity contribution in [3.63, 3.8) is 0 Å². The van der Waals surface area contributed by atoms with Crippen LogP contribution in [0, 0.1) is 11.7 Å². The van der Waals surface area contributed by atoms with Gasteiger partial charge in [-0.3, -0.25) is 0 Å². The van der Waals surface area contributed by atoms with Crippen LogP contribution in [0.25, 0.3) is 22.4 Å². The predicted octanol–water partition coefficient (Wildman–Crippen LogP) is 4.90. The molecule has 2 fully saturated rings.